The van der Waals surface area contributed by atoms with E-state index in [1.807, 2.05) is 25.7 Å². The quantitative estimate of drug-likeness (QED) is 0.731. The predicted octanol–water partition coefficient (Wildman–Crippen LogP) is 1.32. The Morgan fingerprint density at radius 1 is 1.36 bits per heavy atom. The van der Waals surface area contributed by atoms with Crippen molar-refractivity contribution in [2.75, 3.05) is 19.6 Å². The molecule has 0 saturated carbocycles. The second kappa shape index (κ2) is 7.12. The number of thioether (sulfide) groups is 1. The number of rotatable bonds is 6. The van der Waals surface area contributed by atoms with Crippen molar-refractivity contribution in [2.24, 2.45) is 5.73 Å². The van der Waals surface area contributed by atoms with Gasteiger partial charge in [0.2, 0.25) is 5.91 Å². The molecule has 0 rings (SSSR count). The van der Waals surface area contributed by atoms with Crippen LogP contribution in [0.2, 0.25) is 0 Å². The number of nitrogens with two attached hydrogens (primary N) is 1. The summed E-state index contributed by atoms with van der Waals surface area (Å²) < 4.78 is 0. The minimum absolute atomic E-state index is 0.0217. The molecule has 0 heterocycles. The summed E-state index contributed by atoms with van der Waals surface area (Å²) in [6.07, 6.45) is 0. The van der Waals surface area contributed by atoms with E-state index in [4.69, 9.17) is 5.73 Å². The molecule has 0 spiro atoms. The number of amides is 1. The normalized spacial score (nSPS) is 14.9. The first-order chi connectivity index (χ1) is 6.56. The molecular weight excluding hydrogens is 196 g/mol. The van der Waals surface area contributed by atoms with Crippen molar-refractivity contribution in [3.05, 3.63) is 0 Å². The first kappa shape index (κ1) is 13.8. The van der Waals surface area contributed by atoms with Gasteiger partial charge in [-0.25, -0.2) is 0 Å². The molecule has 14 heavy (non-hydrogen) atoms. The third-order valence-electron chi connectivity index (χ3n) is 2.19. The van der Waals surface area contributed by atoms with Crippen LogP contribution >= 0.6 is 11.8 Å². The highest BCUT2D eigenvalue weighted by molar-refractivity contribution is 8.01. The summed E-state index contributed by atoms with van der Waals surface area (Å²) in [6, 6.07) is 0. The molecule has 0 aromatic rings. The molecule has 84 valence electrons. The minimum Gasteiger partial charge on any atom is -0.342 e. The number of carbonyl (C=O) groups excluding carboxylic acids is 1. The van der Waals surface area contributed by atoms with Gasteiger partial charge in [0, 0.05) is 24.9 Å². The van der Waals surface area contributed by atoms with Crippen molar-refractivity contribution in [1.29, 1.82) is 0 Å². The molecule has 1 amide bonds. The molecule has 0 aliphatic carbocycles. The van der Waals surface area contributed by atoms with Gasteiger partial charge in [0.15, 0.2) is 0 Å². The highest BCUT2D eigenvalue weighted by Crippen LogP contribution is 2.18. The lowest BCUT2D eigenvalue weighted by Gasteiger charge is -2.23. The third-order valence-corrected chi connectivity index (χ3v) is 3.46. The van der Waals surface area contributed by atoms with Gasteiger partial charge >= 0.3 is 0 Å². The monoisotopic (exact) mass is 218 g/mol. The molecule has 0 fully saturated rings. The first-order valence-corrected chi connectivity index (χ1v) is 6.15. The van der Waals surface area contributed by atoms with Crippen LogP contribution in [-0.2, 0) is 4.79 Å². The molecule has 0 saturated heterocycles. The molecule has 0 aliphatic heterocycles. The second-order valence-electron chi connectivity index (χ2n) is 3.34. The first-order valence-electron chi connectivity index (χ1n) is 5.21. The van der Waals surface area contributed by atoms with Crippen molar-refractivity contribution in [3.63, 3.8) is 0 Å². The lowest BCUT2D eigenvalue weighted by molar-refractivity contribution is -0.129. The second-order valence-corrected chi connectivity index (χ2v) is 5.12. The van der Waals surface area contributed by atoms with Crippen LogP contribution in [-0.4, -0.2) is 40.9 Å². The summed E-state index contributed by atoms with van der Waals surface area (Å²) in [5.74, 6) is 0.222. The minimum atomic E-state index is 0.0217. The Morgan fingerprint density at radius 3 is 2.21 bits per heavy atom. The number of hydrogen-bond donors (Lipinski definition) is 1. The van der Waals surface area contributed by atoms with Crippen LogP contribution in [0.25, 0.3) is 0 Å². The van der Waals surface area contributed by atoms with E-state index < -0.39 is 0 Å². The Balaban J connectivity index is 4.09. The van der Waals surface area contributed by atoms with Crippen molar-refractivity contribution >= 4 is 17.7 Å². The zero-order valence-corrected chi connectivity index (χ0v) is 10.4. The maximum Gasteiger partial charge on any atom is 0.235 e. The van der Waals surface area contributed by atoms with Gasteiger partial charge in [0.05, 0.1) is 5.25 Å². The van der Waals surface area contributed by atoms with E-state index in [-0.39, 0.29) is 11.2 Å². The van der Waals surface area contributed by atoms with Crippen LogP contribution in [0.5, 0.6) is 0 Å². The summed E-state index contributed by atoms with van der Waals surface area (Å²) in [5.41, 5.74) is 5.52. The van der Waals surface area contributed by atoms with Crippen molar-refractivity contribution in [2.45, 2.75) is 38.2 Å². The molecule has 4 heteroatoms. The lowest BCUT2D eigenvalue weighted by atomic mass is 10.4. The van der Waals surface area contributed by atoms with Crippen molar-refractivity contribution in [1.82, 2.24) is 4.90 Å². The molecule has 0 bridgehead atoms. The van der Waals surface area contributed by atoms with Gasteiger partial charge in [-0.15, -0.1) is 11.8 Å². The van der Waals surface area contributed by atoms with Gasteiger partial charge in [-0.1, -0.05) is 6.92 Å². The average Bonchev–Trinajstić information content (AvgIpc) is 2.19. The Labute approximate surface area is 91.4 Å². The van der Waals surface area contributed by atoms with Gasteiger partial charge < -0.3 is 10.6 Å². The van der Waals surface area contributed by atoms with E-state index in [1.165, 1.54) is 0 Å². The Bertz CT molecular complexity index is 172. The SMILES string of the molecule is CCN(CC)C(=O)C(C)SC(C)CN. The van der Waals surface area contributed by atoms with Crippen LogP contribution < -0.4 is 5.73 Å². The molecule has 0 aliphatic rings. The van der Waals surface area contributed by atoms with Gasteiger partial charge in [-0.05, 0) is 20.8 Å². The van der Waals surface area contributed by atoms with E-state index in [2.05, 4.69) is 6.92 Å². The smallest absolute Gasteiger partial charge is 0.235 e. The van der Waals surface area contributed by atoms with Crippen molar-refractivity contribution in [3.8, 4) is 0 Å². The Kier molecular flexibility index (Phi) is 7.01. The van der Waals surface area contributed by atoms with Crippen LogP contribution in [0.15, 0.2) is 0 Å². The summed E-state index contributed by atoms with van der Waals surface area (Å²) in [6.45, 7) is 10.2. The Hall–Kier alpha value is -0.220. The van der Waals surface area contributed by atoms with E-state index in [0.717, 1.165) is 13.1 Å². The van der Waals surface area contributed by atoms with Crippen LogP contribution in [0.4, 0.5) is 0 Å². The van der Waals surface area contributed by atoms with Crippen LogP contribution in [0.1, 0.15) is 27.7 Å². The topological polar surface area (TPSA) is 46.3 Å². The largest absolute Gasteiger partial charge is 0.342 e. The standard InChI is InChI=1S/C10H22N2OS/c1-5-12(6-2)10(13)9(4)14-8(3)7-11/h8-9H,5-7,11H2,1-4H3. The van der Waals surface area contributed by atoms with Gasteiger partial charge in [-0.3, -0.25) is 4.79 Å². The molecule has 0 aromatic heterocycles. The van der Waals surface area contributed by atoms with Gasteiger partial charge in [-0.2, -0.15) is 0 Å². The van der Waals surface area contributed by atoms with E-state index in [9.17, 15) is 4.79 Å². The zero-order chi connectivity index (χ0) is 11.1. The maximum absolute atomic E-state index is 11.8. The average molecular weight is 218 g/mol. The number of carbonyl (C=O) groups is 1. The fraction of sp³-hybridized carbons (Fsp3) is 0.900. The molecule has 2 unspecified atom stereocenters. The van der Waals surface area contributed by atoms with E-state index in [1.54, 1.807) is 11.8 Å². The maximum atomic E-state index is 11.8. The highest BCUT2D eigenvalue weighted by atomic mass is 32.2. The molecule has 2 atom stereocenters. The lowest BCUT2D eigenvalue weighted by Crippen LogP contribution is -2.37. The Morgan fingerprint density at radius 2 is 1.86 bits per heavy atom. The summed E-state index contributed by atoms with van der Waals surface area (Å²) in [7, 11) is 0. The van der Waals surface area contributed by atoms with Crippen molar-refractivity contribution < 1.29 is 4.79 Å². The van der Waals surface area contributed by atoms with E-state index in [0.29, 0.717) is 11.8 Å². The van der Waals surface area contributed by atoms with Crippen LogP contribution in [0.3, 0.4) is 0 Å². The molecule has 0 radical (unpaired) electrons. The highest BCUT2D eigenvalue weighted by Gasteiger charge is 2.20. The summed E-state index contributed by atoms with van der Waals surface area (Å²) in [4.78, 5) is 13.7. The van der Waals surface area contributed by atoms with E-state index >= 15 is 0 Å². The van der Waals surface area contributed by atoms with Gasteiger partial charge in [0.1, 0.15) is 0 Å². The number of hydrogen-bond acceptors (Lipinski definition) is 3. The fourth-order valence-corrected chi connectivity index (χ4v) is 2.33. The third kappa shape index (κ3) is 4.33. The van der Waals surface area contributed by atoms with Gasteiger partial charge in [0.25, 0.3) is 0 Å². The summed E-state index contributed by atoms with van der Waals surface area (Å²) >= 11 is 1.65. The molecule has 3 nitrogen and oxygen atoms in total. The molecular formula is C10H22N2OS. The molecule has 2 N–H and O–H groups in total. The predicted molar refractivity (Wildman–Crippen MR) is 63.5 cm³/mol. The fourth-order valence-electron chi connectivity index (χ4n) is 1.25. The zero-order valence-electron chi connectivity index (χ0n) is 9.62. The molecule has 0 aromatic carbocycles. The summed E-state index contributed by atoms with van der Waals surface area (Å²) in [5, 5.41) is 0.373. The van der Waals surface area contributed by atoms with Crippen LogP contribution in [0, 0.1) is 0 Å². The number of nitrogens with zero attached hydrogens (tertiary/aromatic N) is 1.